The summed E-state index contributed by atoms with van der Waals surface area (Å²) in [5, 5.41) is 0. The summed E-state index contributed by atoms with van der Waals surface area (Å²) in [5.74, 6) is 0.861. The van der Waals surface area contributed by atoms with Crippen LogP contribution in [0.2, 0.25) is 0 Å². The molecule has 0 aliphatic carbocycles. The molecule has 1 nitrogen and oxygen atoms in total. The second kappa shape index (κ2) is 3.83. The van der Waals surface area contributed by atoms with Crippen molar-refractivity contribution in [2.75, 3.05) is 13.6 Å². The fourth-order valence-corrected chi connectivity index (χ4v) is 1.92. The molecule has 1 rings (SSSR count). The third-order valence-corrected chi connectivity index (χ3v) is 2.63. The number of allylic oxidation sites excluding steroid dienone is 1. The molecule has 76 valence electrons. The molecular weight excluding hydrogens is 158 g/mol. The van der Waals surface area contributed by atoms with Crippen molar-refractivity contribution in [3.05, 3.63) is 12.2 Å². The van der Waals surface area contributed by atoms with E-state index in [2.05, 4.69) is 51.8 Å². The van der Waals surface area contributed by atoms with Gasteiger partial charge in [0.15, 0.2) is 0 Å². The van der Waals surface area contributed by atoms with Gasteiger partial charge in [-0.25, -0.2) is 0 Å². The maximum atomic E-state index is 2.45. The van der Waals surface area contributed by atoms with Gasteiger partial charge >= 0.3 is 0 Å². The van der Waals surface area contributed by atoms with Crippen molar-refractivity contribution in [2.45, 2.75) is 40.2 Å². The van der Waals surface area contributed by atoms with E-state index in [0.717, 1.165) is 5.92 Å². The van der Waals surface area contributed by atoms with Crippen molar-refractivity contribution in [3.63, 3.8) is 0 Å². The number of nitrogens with zero attached hydrogens (tertiary/aromatic N) is 1. The average Bonchev–Trinajstić information content (AvgIpc) is 2.24. The summed E-state index contributed by atoms with van der Waals surface area (Å²) in [5.41, 5.74) is 0.326. The Hall–Kier alpha value is -0.300. The van der Waals surface area contributed by atoms with E-state index >= 15 is 0 Å². The van der Waals surface area contributed by atoms with Gasteiger partial charge in [0, 0.05) is 12.6 Å². The van der Waals surface area contributed by atoms with Crippen molar-refractivity contribution < 1.29 is 0 Å². The molecule has 1 fully saturated rings. The minimum Gasteiger partial charge on any atom is -0.300 e. The van der Waals surface area contributed by atoms with Gasteiger partial charge in [0.2, 0.25) is 0 Å². The van der Waals surface area contributed by atoms with Gasteiger partial charge in [0.25, 0.3) is 0 Å². The van der Waals surface area contributed by atoms with Crippen LogP contribution in [-0.2, 0) is 0 Å². The second-order valence-electron chi connectivity index (χ2n) is 5.57. The van der Waals surface area contributed by atoms with Gasteiger partial charge in [-0.3, -0.25) is 4.90 Å². The number of likely N-dealkylation sites (N-methyl/N-ethyl adjacent to an activating group) is 1. The third-order valence-electron chi connectivity index (χ3n) is 2.63. The van der Waals surface area contributed by atoms with Crippen molar-refractivity contribution in [1.29, 1.82) is 0 Å². The molecule has 0 amide bonds. The lowest BCUT2D eigenvalue weighted by Crippen LogP contribution is -2.23. The van der Waals surface area contributed by atoms with E-state index in [1.165, 1.54) is 13.0 Å². The molecule has 1 aliphatic rings. The molecular formula is C12H23N. The summed E-state index contributed by atoms with van der Waals surface area (Å²) in [4.78, 5) is 2.45. The Kier molecular flexibility index (Phi) is 3.18. The van der Waals surface area contributed by atoms with Crippen LogP contribution in [0.4, 0.5) is 0 Å². The lowest BCUT2D eigenvalue weighted by molar-refractivity contribution is 0.348. The van der Waals surface area contributed by atoms with E-state index < -0.39 is 0 Å². The van der Waals surface area contributed by atoms with Crippen LogP contribution < -0.4 is 0 Å². The lowest BCUT2D eigenvalue weighted by atomic mass is 9.95. The van der Waals surface area contributed by atoms with Crippen molar-refractivity contribution in [1.82, 2.24) is 4.90 Å². The fourth-order valence-electron chi connectivity index (χ4n) is 1.92. The van der Waals surface area contributed by atoms with E-state index in [1.54, 1.807) is 0 Å². The first kappa shape index (κ1) is 10.8. The van der Waals surface area contributed by atoms with E-state index in [1.807, 2.05) is 0 Å². The molecule has 1 heterocycles. The molecule has 0 aromatic carbocycles. The van der Waals surface area contributed by atoms with Crippen molar-refractivity contribution >= 4 is 0 Å². The second-order valence-corrected chi connectivity index (χ2v) is 5.57. The smallest absolute Gasteiger partial charge is 0.0278 e. The fraction of sp³-hybridized carbons (Fsp3) is 0.833. The van der Waals surface area contributed by atoms with Crippen LogP contribution in [0.15, 0.2) is 12.2 Å². The van der Waals surface area contributed by atoms with E-state index in [9.17, 15) is 0 Å². The zero-order valence-electron chi connectivity index (χ0n) is 9.67. The first-order valence-electron chi connectivity index (χ1n) is 5.28. The Morgan fingerprint density at radius 2 is 1.92 bits per heavy atom. The maximum Gasteiger partial charge on any atom is 0.0278 e. The molecule has 0 spiro atoms. The minimum atomic E-state index is 0.326. The van der Waals surface area contributed by atoms with E-state index in [-0.39, 0.29) is 0 Å². The number of hydrogen-bond acceptors (Lipinski definition) is 1. The molecule has 2 unspecified atom stereocenters. The van der Waals surface area contributed by atoms with Crippen molar-refractivity contribution in [2.24, 2.45) is 11.3 Å². The summed E-state index contributed by atoms with van der Waals surface area (Å²) in [6.45, 7) is 10.3. The zero-order valence-corrected chi connectivity index (χ0v) is 9.67. The summed E-state index contributed by atoms with van der Waals surface area (Å²) >= 11 is 0. The Morgan fingerprint density at radius 1 is 1.31 bits per heavy atom. The molecule has 1 heteroatoms. The Balaban J connectivity index is 2.50. The molecule has 13 heavy (non-hydrogen) atoms. The average molecular weight is 181 g/mol. The van der Waals surface area contributed by atoms with E-state index in [4.69, 9.17) is 0 Å². The van der Waals surface area contributed by atoms with Crippen molar-refractivity contribution in [3.8, 4) is 0 Å². The molecule has 0 bridgehead atoms. The SMILES string of the molecule is CC1CC(/C=C/C(C)(C)C)N(C)C1. The summed E-state index contributed by atoms with van der Waals surface area (Å²) in [7, 11) is 2.22. The minimum absolute atomic E-state index is 0.326. The molecule has 1 saturated heterocycles. The lowest BCUT2D eigenvalue weighted by Gasteiger charge is -2.18. The molecule has 0 N–H and O–H groups in total. The highest BCUT2D eigenvalue weighted by Gasteiger charge is 2.24. The highest BCUT2D eigenvalue weighted by Crippen LogP contribution is 2.24. The summed E-state index contributed by atoms with van der Waals surface area (Å²) < 4.78 is 0. The molecule has 0 saturated carbocycles. The largest absolute Gasteiger partial charge is 0.300 e. The summed E-state index contributed by atoms with van der Waals surface area (Å²) in [6.07, 6.45) is 6.04. The van der Waals surface area contributed by atoms with Crippen LogP contribution in [0.3, 0.4) is 0 Å². The van der Waals surface area contributed by atoms with Crippen LogP contribution >= 0.6 is 0 Å². The molecule has 0 radical (unpaired) electrons. The third kappa shape index (κ3) is 3.51. The molecule has 1 aliphatic heterocycles. The monoisotopic (exact) mass is 181 g/mol. The van der Waals surface area contributed by atoms with Crippen LogP contribution in [0.25, 0.3) is 0 Å². The number of hydrogen-bond donors (Lipinski definition) is 0. The Morgan fingerprint density at radius 3 is 2.31 bits per heavy atom. The van der Waals surface area contributed by atoms with Gasteiger partial charge in [-0.1, -0.05) is 39.8 Å². The first-order chi connectivity index (χ1) is 5.88. The number of rotatable bonds is 1. The Labute approximate surface area is 82.8 Å². The standard InChI is InChI=1S/C12H23N/c1-10-8-11(13(5)9-10)6-7-12(2,3)4/h6-7,10-11H,8-9H2,1-5H3/b7-6+. The van der Waals surface area contributed by atoms with E-state index in [0.29, 0.717) is 11.5 Å². The predicted octanol–water partition coefficient (Wildman–Crippen LogP) is 2.93. The van der Waals surface area contributed by atoms with Gasteiger partial charge in [0.05, 0.1) is 0 Å². The van der Waals surface area contributed by atoms with Gasteiger partial charge in [0.1, 0.15) is 0 Å². The van der Waals surface area contributed by atoms with Gasteiger partial charge < -0.3 is 0 Å². The van der Waals surface area contributed by atoms with Crippen LogP contribution in [0, 0.1) is 11.3 Å². The van der Waals surface area contributed by atoms with Gasteiger partial charge in [-0.2, -0.15) is 0 Å². The normalized spacial score (nSPS) is 31.8. The maximum absolute atomic E-state index is 2.45. The molecule has 0 aromatic heterocycles. The van der Waals surface area contributed by atoms with Gasteiger partial charge in [-0.15, -0.1) is 0 Å². The first-order valence-corrected chi connectivity index (χ1v) is 5.28. The highest BCUT2D eigenvalue weighted by molar-refractivity contribution is 5.02. The Bertz CT molecular complexity index is 188. The predicted molar refractivity (Wildman–Crippen MR) is 58.8 cm³/mol. The van der Waals surface area contributed by atoms with Gasteiger partial charge in [-0.05, 0) is 24.8 Å². The highest BCUT2D eigenvalue weighted by atomic mass is 15.1. The quantitative estimate of drug-likeness (QED) is 0.562. The van der Waals surface area contributed by atoms with Crippen LogP contribution in [0.5, 0.6) is 0 Å². The van der Waals surface area contributed by atoms with Crippen LogP contribution in [0.1, 0.15) is 34.1 Å². The topological polar surface area (TPSA) is 3.24 Å². The molecule has 2 atom stereocenters. The molecule has 0 aromatic rings. The number of likely N-dealkylation sites (tertiary alicyclic amines) is 1. The van der Waals surface area contributed by atoms with Crippen LogP contribution in [-0.4, -0.2) is 24.5 Å². The zero-order chi connectivity index (χ0) is 10.1. The summed E-state index contributed by atoms with van der Waals surface area (Å²) in [6, 6.07) is 0.675.